The third-order valence-electron chi connectivity index (χ3n) is 4.46. The molecule has 0 spiro atoms. The summed E-state index contributed by atoms with van der Waals surface area (Å²) in [6, 6.07) is 0. The Morgan fingerprint density at radius 2 is 2.11 bits per heavy atom. The van der Waals surface area contributed by atoms with Gasteiger partial charge in [0.2, 0.25) is 0 Å². The molecule has 2 N–H and O–H groups in total. The van der Waals surface area contributed by atoms with E-state index in [2.05, 4.69) is 25.7 Å². The largest absolute Gasteiger partial charge is 0.377 e. The second-order valence-corrected chi connectivity index (χ2v) is 6.25. The first-order valence-electron chi connectivity index (χ1n) is 8.21. The maximum atomic E-state index is 5.73. The Bertz CT molecular complexity index is 215. The van der Waals surface area contributed by atoms with E-state index in [9.17, 15) is 0 Å². The van der Waals surface area contributed by atoms with E-state index in [4.69, 9.17) is 10.5 Å². The van der Waals surface area contributed by atoms with Crippen LogP contribution in [0.5, 0.6) is 0 Å². The summed E-state index contributed by atoms with van der Waals surface area (Å²) in [7, 11) is 0. The molecule has 1 heterocycles. The Morgan fingerprint density at radius 3 is 2.63 bits per heavy atom. The van der Waals surface area contributed by atoms with Gasteiger partial charge in [-0.05, 0) is 63.6 Å². The highest BCUT2D eigenvalue weighted by Gasteiger charge is 2.19. The Kier molecular flexibility index (Phi) is 8.67. The summed E-state index contributed by atoms with van der Waals surface area (Å²) in [6.07, 6.45) is 6.77. The van der Waals surface area contributed by atoms with Crippen molar-refractivity contribution in [2.75, 3.05) is 32.8 Å². The van der Waals surface area contributed by atoms with Crippen molar-refractivity contribution in [3.05, 3.63) is 0 Å². The van der Waals surface area contributed by atoms with Gasteiger partial charge in [-0.15, -0.1) is 0 Å². The van der Waals surface area contributed by atoms with Gasteiger partial charge in [-0.25, -0.2) is 0 Å². The van der Waals surface area contributed by atoms with Crippen LogP contribution in [0.15, 0.2) is 0 Å². The average Bonchev–Trinajstić information content (AvgIpc) is 2.89. The molecule has 0 amide bonds. The van der Waals surface area contributed by atoms with Gasteiger partial charge in [-0.1, -0.05) is 20.8 Å². The lowest BCUT2D eigenvalue weighted by Crippen LogP contribution is -2.33. The standard InChI is InChI=1S/C16H34N2O/c1-4-18(13-16-8-6-12-19-16)11-5-7-15(9-10-17)14(2)3/h14-16H,4-13,17H2,1-3H3. The lowest BCUT2D eigenvalue weighted by atomic mass is 9.88. The number of ether oxygens (including phenoxy) is 1. The first-order valence-corrected chi connectivity index (χ1v) is 8.21. The Labute approximate surface area is 119 Å². The molecule has 0 aliphatic carbocycles. The van der Waals surface area contributed by atoms with E-state index in [-0.39, 0.29) is 0 Å². The third kappa shape index (κ3) is 6.73. The highest BCUT2D eigenvalue weighted by molar-refractivity contribution is 4.71. The molecule has 3 nitrogen and oxygen atoms in total. The van der Waals surface area contributed by atoms with Crippen molar-refractivity contribution in [1.29, 1.82) is 0 Å². The van der Waals surface area contributed by atoms with Crippen LogP contribution >= 0.6 is 0 Å². The fraction of sp³-hybridized carbons (Fsp3) is 1.00. The molecule has 2 unspecified atom stereocenters. The molecule has 1 fully saturated rings. The van der Waals surface area contributed by atoms with Crippen LogP contribution in [-0.2, 0) is 4.74 Å². The van der Waals surface area contributed by atoms with E-state index in [0.717, 1.165) is 38.1 Å². The van der Waals surface area contributed by atoms with Crippen LogP contribution in [-0.4, -0.2) is 43.8 Å². The summed E-state index contributed by atoms with van der Waals surface area (Å²) in [5, 5.41) is 0. The number of nitrogens with zero attached hydrogens (tertiary/aromatic N) is 1. The predicted molar refractivity (Wildman–Crippen MR) is 82.3 cm³/mol. The van der Waals surface area contributed by atoms with Gasteiger partial charge in [0.15, 0.2) is 0 Å². The minimum atomic E-state index is 0.491. The van der Waals surface area contributed by atoms with Gasteiger partial charge in [0.25, 0.3) is 0 Å². The molecule has 19 heavy (non-hydrogen) atoms. The van der Waals surface area contributed by atoms with Gasteiger partial charge in [0.1, 0.15) is 0 Å². The molecule has 0 aromatic carbocycles. The number of hydrogen-bond donors (Lipinski definition) is 1. The van der Waals surface area contributed by atoms with E-state index >= 15 is 0 Å². The van der Waals surface area contributed by atoms with Crippen LogP contribution in [0.2, 0.25) is 0 Å². The SMILES string of the molecule is CCN(CCCC(CCN)C(C)C)CC1CCCO1. The molecule has 114 valence electrons. The summed E-state index contributed by atoms with van der Waals surface area (Å²) in [6.45, 7) is 12.2. The van der Waals surface area contributed by atoms with Crippen molar-refractivity contribution < 1.29 is 4.74 Å². The molecule has 0 bridgehead atoms. The van der Waals surface area contributed by atoms with Gasteiger partial charge >= 0.3 is 0 Å². The summed E-state index contributed by atoms with van der Waals surface area (Å²) < 4.78 is 5.73. The molecule has 2 atom stereocenters. The first kappa shape index (κ1) is 16.9. The Hall–Kier alpha value is -0.120. The van der Waals surface area contributed by atoms with E-state index < -0.39 is 0 Å². The summed E-state index contributed by atoms with van der Waals surface area (Å²) >= 11 is 0. The van der Waals surface area contributed by atoms with Crippen LogP contribution in [0.3, 0.4) is 0 Å². The highest BCUT2D eigenvalue weighted by Crippen LogP contribution is 2.21. The second kappa shape index (κ2) is 9.73. The lowest BCUT2D eigenvalue weighted by molar-refractivity contribution is 0.0736. The Balaban J connectivity index is 2.20. The number of hydrogen-bond acceptors (Lipinski definition) is 3. The van der Waals surface area contributed by atoms with Crippen LogP contribution in [0.25, 0.3) is 0 Å². The normalized spacial score (nSPS) is 21.5. The van der Waals surface area contributed by atoms with Gasteiger partial charge in [-0.3, -0.25) is 0 Å². The van der Waals surface area contributed by atoms with Crippen molar-refractivity contribution in [1.82, 2.24) is 4.90 Å². The maximum Gasteiger partial charge on any atom is 0.0702 e. The van der Waals surface area contributed by atoms with E-state index in [1.165, 1.54) is 38.6 Å². The van der Waals surface area contributed by atoms with Crippen molar-refractivity contribution in [2.24, 2.45) is 17.6 Å². The molecule has 0 aromatic rings. The zero-order chi connectivity index (χ0) is 14.1. The first-order chi connectivity index (χ1) is 9.17. The summed E-state index contributed by atoms with van der Waals surface area (Å²) in [4.78, 5) is 2.55. The van der Waals surface area contributed by atoms with Crippen LogP contribution < -0.4 is 5.73 Å². The molecular formula is C16H34N2O. The zero-order valence-corrected chi connectivity index (χ0v) is 13.2. The van der Waals surface area contributed by atoms with E-state index in [1.807, 2.05) is 0 Å². The highest BCUT2D eigenvalue weighted by atomic mass is 16.5. The van der Waals surface area contributed by atoms with Gasteiger partial charge < -0.3 is 15.4 Å². The van der Waals surface area contributed by atoms with Crippen LogP contribution in [0.4, 0.5) is 0 Å². The predicted octanol–water partition coefficient (Wildman–Crippen LogP) is 2.89. The quantitative estimate of drug-likeness (QED) is 0.663. The fourth-order valence-corrected chi connectivity index (χ4v) is 3.06. The molecule has 1 rings (SSSR count). The van der Waals surface area contributed by atoms with Crippen LogP contribution in [0.1, 0.15) is 52.9 Å². The zero-order valence-electron chi connectivity index (χ0n) is 13.2. The molecule has 3 heteroatoms. The smallest absolute Gasteiger partial charge is 0.0702 e. The van der Waals surface area contributed by atoms with Crippen molar-refractivity contribution in [3.63, 3.8) is 0 Å². The van der Waals surface area contributed by atoms with Gasteiger partial charge in [0, 0.05) is 13.2 Å². The molecule has 1 aliphatic rings. The molecule has 1 aliphatic heterocycles. The molecule has 0 saturated carbocycles. The molecule has 1 saturated heterocycles. The minimum Gasteiger partial charge on any atom is -0.377 e. The maximum absolute atomic E-state index is 5.73. The monoisotopic (exact) mass is 270 g/mol. The average molecular weight is 270 g/mol. The lowest BCUT2D eigenvalue weighted by Gasteiger charge is -2.25. The van der Waals surface area contributed by atoms with Crippen molar-refractivity contribution in [2.45, 2.75) is 59.0 Å². The summed E-state index contributed by atoms with van der Waals surface area (Å²) in [5.74, 6) is 1.56. The molecular weight excluding hydrogens is 236 g/mol. The molecule has 0 aromatic heterocycles. The number of nitrogens with two attached hydrogens (primary N) is 1. The van der Waals surface area contributed by atoms with Crippen molar-refractivity contribution in [3.8, 4) is 0 Å². The van der Waals surface area contributed by atoms with Gasteiger partial charge in [0.05, 0.1) is 6.10 Å². The number of rotatable bonds is 10. The second-order valence-electron chi connectivity index (χ2n) is 6.25. The van der Waals surface area contributed by atoms with Crippen LogP contribution in [0, 0.1) is 11.8 Å². The topological polar surface area (TPSA) is 38.5 Å². The summed E-state index contributed by atoms with van der Waals surface area (Å²) in [5.41, 5.74) is 5.71. The van der Waals surface area contributed by atoms with Gasteiger partial charge in [-0.2, -0.15) is 0 Å². The molecule has 0 radical (unpaired) electrons. The van der Waals surface area contributed by atoms with E-state index in [1.54, 1.807) is 0 Å². The third-order valence-corrected chi connectivity index (χ3v) is 4.46. The van der Waals surface area contributed by atoms with E-state index in [0.29, 0.717) is 6.10 Å². The number of likely N-dealkylation sites (N-methyl/N-ethyl adjacent to an activating group) is 1. The van der Waals surface area contributed by atoms with Crippen molar-refractivity contribution >= 4 is 0 Å². The minimum absolute atomic E-state index is 0.491. The fourth-order valence-electron chi connectivity index (χ4n) is 3.06. The Morgan fingerprint density at radius 1 is 1.32 bits per heavy atom.